The highest BCUT2D eigenvalue weighted by Gasteiger charge is 2.63. The highest BCUT2D eigenvalue weighted by atomic mass is 28.4. The van der Waals surface area contributed by atoms with E-state index in [1.165, 1.54) is 17.3 Å². The van der Waals surface area contributed by atoms with Gasteiger partial charge in [-0.3, -0.25) is 14.4 Å². The highest BCUT2D eigenvalue weighted by Crippen LogP contribution is 2.66. The Kier molecular flexibility index (Phi) is 10.8. The van der Waals surface area contributed by atoms with E-state index in [0.717, 1.165) is 38.5 Å². The molecule has 2 aromatic carbocycles. The summed E-state index contributed by atoms with van der Waals surface area (Å²) in [5, 5.41) is 2.62. The molecule has 0 aromatic heterocycles. The summed E-state index contributed by atoms with van der Waals surface area (Å²) in [7, 11) is -2.65. The van der Waals surface area contributed by atoms with E-state index in [4.69, 9.17) is 9.16 Å². The maximum atomic E-state index is 13.9. The summed E-state index contributed by atoms with van der Waals surface area (Å²) in [4.78, 5) is 38.7. The van der Waals surface area contributed by atoms with E-state index in [2.05, 4.69) is 101 Å². The number of esters is 1. The average Bonchev–Trinajstić information content (AvgIpc) is 3.38. The minimum atomic E-state index is -2.65. The fourth-order valence-corrected chi connectivity index (χ4v) is 16.2. The van der Waals surface area contributed by atoms with Gasteiger partial charge in [-0.15, -0.1) is 0 Å². The molecule has 0 bridgehead atoms. The van der Waals surface area contributed by atoms with Crippen LogP contribution in [-0.2, 0) is 23.5 Å². The van der Waals surface area contributed by atoms with Gasteiger partial charge in [-0.2, -0.15) is 0 Å². The molecule has 3 fully saturated rings. The zero-order valence-electron chi connectivity index (χ0n) is 32.5. The van der Waals surface area contributed by atoms with Gasteiger partial charge < -0.3 is 9.16 Å². The number of benzene rings is 2. The Morgan fingerprint density at radius 1 is 0.902 bits per heavy atom. The Morgan fingerprint density at radius 3 is 2.12 bits per heavy atom. The van der Waals surface area contributed by atoms with Crippen molar-refractivity contribution >= 4 is 36.2 Å². The predicted octanol–water partition coefficient (Wildman–Crippen LogP) is 8.87. The maximum Gasteiger partial charge on any atom is 0.302 e. The molecule has 0 spiro atoms. The molecule has 0 aliphatic heterocycles. The van der Waals surface area contributed by atoms with Crippen LogP contribution >= 0.6 is 0 Å². The van der Waals surface area contributed by atoms with Crippen LogP contribution in [0.5, 0.6) is 0 Å². The monoisotopic (exact) mass is 710 g/mol. The molecule has 2 aromatic rings. The number of carbonyl (C=O) groups excluding carboxylic acids is 3. The topological polar surface area (TPSA) is 69.7 Å². The zero-order valence-corrected chi connectivity index (χ0v) is 33.5. The molecule has 0 amide bonds. The molecule has 6 rings (SSSR count). The van der Waals surface area contributed by atoms with Crippen LogP contribution < -0.4 is 10.4 Å². The average molecular weight is 711 g/mol. The smallest absolute Gasteiger partial charge is 0.302 e. The van der Waals surface area contributed by atoms with Crippen LogP contribution in [0, 0.1) is 46.3 Å². The molecule has 276 valence electrons. The third-order valence-electron chi connectivity index (χ3n) is 14.2. The van der Waals surface area contributed by atoms with Gasteiger partial charge in [0.15, 0.2) is 0 Å². The Balaban J connectivity index is 1.20. The van der Waals surface area contributed by atoms with E-state index in [-0.39, 0.29) is 51.5 Å². The van der Waals surface area contributed by atoms with E-state index in [9.17, 15) is 14.4 Å². The van der Waals surface area contributed by atoms with Crippen molar-refractivity contribution in [2.45, 2.75) is 124 Å². The second-order valence-corrected chi connectivity index (χ2v) is 22.6. The van der Waals surface area contributed by atoms with Gasteiger partial charge in [0, 0.05) is 37.7 Å². The first-order chi connectivity index (χ1) is 24.1. The summed E-state index contributed by atoms with van der Waals surface area (Å²) in [6, 6.07) is 22.0. The van der Waals surface area contributed by atoms with Crippen LogP contribution in [0.1, 0.15) is 113 Å². The molecule has 3 saturated carbocycles. The quantitative estimate of drug-likeness (QED) is 0.132. The number of Topliss-reactive ketones (excluding diaryl/α,β-unsaturated/α-hetero) is 2. The van der Waals surface area contributed by atoms with E-state index in [1.807, 2.05) is 13.8 Å². The summed E-state index contributed by atoms with van der Waals surface area (Å²) in [5.41, 5.74) is 1.56. The van der Waals surface area contributed by atoms with Crippen LogP contribution in [-0.4, -0.2) is 38.6 Å². The summed E-state index contributed by atoms with van der Waals surface area (Å²) in [6.45, 7) is 17.7. The van der Waals surface area contributed by atoms with Crippen molar-refractivity contribution in [1.29, 1.82) is 0 Å². The molecule has 0 N–H and O–H groups in total. The molecule has 0 saturated heterocycles. The molecule has 5 nitrogen and oxygen atoms in total. The van der Waals surface area contributed by atoms with Crippen LogP contribution in [0.25, 0.3) is 0 Å². The van der Waals surface area contributed by atoms with Gasteiger partial charge in [0.25, 0.3) is 8.32 Å². The maximum absolute atomic E-state index is 13.9. The first-order valence-corrected chi connectivity index (χ1v) is 21.7. The van der Waals surface area contributed by atoms with Crippen LogP contribution in [0.15, 0.2) is 72.3 Å². The predicted molar refractivity (Wildman–Crippen MR) is 207 cm³/mol. The van der Waals surface area contributed by atoms with Crippen molar-refractivity contribution in [2.24, 2.45) is 46.3 Å². The van der Waals surface area contributed by atoms with Crippen molar-refractivity contribution in [3.63, 3.8) is 0 Å². The molecule has 4 aliphatic rings. The molecule has 6 heteroatoms. The number of allylic oxidation sites excluding steroid dienone is 1. The SMILES string of the molecule is CC(=O)OC[C@H](C)CCC(=O)[C@@H](C)[C@H]1C(=O)C[C@H]2[C@@H]3CC=C4C[C@@H](O[Si](c5ccccc5)(c5ccccc5)C(C)(C)C)CC[C@]4(C)[C@H]3CC[C@]12C. The summed E-state index contributed by atoms with van der Waals surface area (Å²) in [6.07, 6.45) is 10.8. The third-order valence-corrected chi connectivity index (χ3v) is 19.3. The lowest BCUT2D eigenvalue weighted by molar-refractivity contribution is -0.142. The molecule has 0 radical (unpaired) electrons. The van der Waals surface area contributed by atoms with Crippen molar-refractivity contribution in [3.8, 4) is 0 Å². The lowest BCUT2D eigenvalue weighted by atomic mass is 9.47. The molecule has 4 aliphatic carbocycles. The van der Waals surface area contributed by atoms with Crippen LogP contribution in [0.3, 0.4) is 0 Å². The number of hydrogen-bond donors (Lipinski definition) is 0. The number of fused-ring (bicyclic) bond motifs is 5. The van der Waals surface area contributed by atoms with E-state index < -0.39 is 8.32 Å². The Labute approximate surface area is 308 Å². The molecule has 9 atom stereocenters. The first kappa shape index (κ1) is 37.9. The second kappa shape index (κ2) is 14.5. The van der Waals surface area contributed by atoms with Crippen LogP contribution in [0.4, 0.5) is 0 Å². The van der Waals surface area contributed by atoms with Gasteiger partial charge >= 0.3 is 5.97 Å². The van der Waals surface area contributed by atoms with E-state index in [1.54, 1.807) is 5.57 Å². The minimum absolute atomic E-state index is 0.0530. The minimum Gasteiger partial charge on any atom is -0.466 e. The largest absolute Gasteiger partial charge is 0.466 e. The summed E-state index contributed by atoms with van der Waals surface area (Å²) in [5.74, 6) is 1.21. The Hall–Kier alpha value is -2.83. The second-order valence-electron chi connectivity index (χ2n) is 18.3. The van der Waals surface area contributed by atoms with Crippen molar-refractivity contribution < 1.29 is 23.5 Å². The number of ketones is 2. The van der Waals surface area contributed by atoms with Gasteiger partial charge in [0.1, 0.15) is 11.6 Å². The molecule has 0 heterocycles. The standard InChI is InChI=1S/C45H62O5Si/c1-30(29-49-32(3)46)19-22-40(47)31(2)42-41(48)28-39-37-21-20-33-27-34(23-25-44(33,7)38(37)24-26-45(39,42)8)50-51(43(4,5)6,35-15-11-9-12-16-35)36-17-13-10-14-18-36/h9-18,20,30-31,34,37-39,42H,19,21-29H2,1-8H3/t30-,31-,34+,37-,38+,39+,42+,44+,45+/m1/s1. The third kappa shape index (κ3) is 6.89. The lowest BCUT2D eigenvalue weighted by Crippen LogP contribution is -2.68. The van der Waals surface area contributed by atoms with Gasteiger partial charge in [-0.05, 0) is 94.9 Å². The lowest BCUT2D eigenvalue weighted by Gasteiger charge is -2.58. The first-order valence-electron chi connectivity index (χ1n) is 19.8. The number of rotatable bonds is 11. The van der Waals surface area contributed by atoms with E-state index >= 15 is 0 Å². The Bertz CT molecular complexity index is 1570. The van der Waals surface area contributed by atoms with Gasteiger partial charge in [-0.25, -0.2) is 0 Å². The normalized spacial score (nSPS) is 31.8. The fourth-order valence-electron chi connectivity index (χ4n) is 11.5. The van der Waals surface area contributed by atoms with Gasteiger partial charge in [0.2, 0.25) is 0 Å². The summed E-state index contributed by atoms with van der Waals surface area (Å²) >= 11 is 0. The Morgan fingerprint density at radius 2 is 1.53 bits per heavy atom. The number of carbonyl (C=O) groups is 3. The molecule has 0 unspecified atom stereocenters. The van der Waals surface area contributed by atoms with Crippen molar-refractivity contribution in [3.05, 3.63) is 72.3 Å². The van der Waals surface area contributed by atoms with E-state index in [0.29, 0.717) is 49.4 Å². The van der Waals surface area contributed by atoms with Crippen molar-refractivity contribution in [1.82, 2.24) is 0 Å². The fraction of sp³-hybridized carbons (Fsp3) is 0.622. The molecular formula is C45H62O5Si. The van der Waals surface area contributed by atoms with Gasteiger partial charge in [0.05, 0.1) is 6.61 Å². The van der Waals surface area contributed by atoms with Crippen LogP contribution in [0.2, 0.25) is 5.04 Å². The number of ether oxygens (including phenoxy) is 1. The molecular weight excluding hydrogens is 649 g/mol. The van der Waals surface area contributed by atoms with Crippen molar-refractivity contribution in [2.75, 3.05) is 6.61 Å². The highest BCUT2D eigenvalue weighted by molar-refractivity contribution is 6.99. The van der Waals surface area contributed by atoms with Gasteiger partial charge in [-0.1, -0.05) is 121 Å². The zero-order chi connectivity index (χ0) is 36.8. The number of hydrogen-bond acceptors (Lipinski definition) is 5. The summed E-state index contributed by atoms with van der Waals surface area (Å²) < 4.78 is 12.8. The molecule has 51 heavy (non-hydrogen) atoms.